The number of hydrogen-bond donors (Lipinski definition) is 0. The molecule has 0 rings (SSSR count). The van der Waals surface area contributed by atoms with Crippen molar-refractivity contribution in [3.05, 3.63) is 6.92 Å². The second kappa shape index (κ2) is 18.6. The van der Waals surface area contributed by atoms with Gasteiger partial charge < -0.3 is 6.92 Å². The third kappa shape index (κ3) is 17.6. The monoisotopic (exact) mass is 380 g/mol. The molecule has 1 radical (unpaired) electrons. The van der Waals surface area contributed by atoms with E-state index in [0.717, 1.165) is 6.42 Å². The summed E-state index contributed by atoms with van der Waals surface area (Å²) in [5, 5.41) is 0. The van der Waals surface area contributed by atoms with Gasteiger partial charge in [-0.3, -0.25) is 0 Å². The summed E-state index contributed by atoms with van der Waals surface area (Å²) in [5.74, 6) is 0. The predicted octanol–water partition coefficient (Wildman–Crippen LogP) is 5.91. The van der Waals surface area contributed by atoms with Crippen LogP contribution in [0.15, 0.2) is 0 Å². The van der Waals surface area contributed by atoms with Crippen molar-refractivity contribution >= 4 is 0 Å². The molecule has 0 aliphatic heterocycles. The van der Waals surface area contributed by atoms with Crippen molar-refractivity contribution in [1.29, 1.82) is 0 Å². The molecule has 0 bridgehead atoms. The average Bonchev–Trinajstić information content (AvgIpc) is 2.26. The molecule has 0 aromatic heterocycles. The molecule has 0 aromatic rings. The first-order valence-corrected chi connectivity index (χ1v) is 7.21. The van der Waals surface area contributed by atoms with Crippen LogP contribution in [0, 0.1) is 43.8 Å². The van der Waals surface area contributed by atoms with Gasteiger partial charge in [0.05, 0.1) is 0 Å². The molecule has 0 spiro atoms. The molecule has 0 saturated carbocycles. The fourth-order valence-corrected chi connectivity index (χ4v) is 2.02. The van der Waals surface area contributed by atoms with Crippen molar-refractivity contribution in [2.75, 3.05) is 0 Å². The first kappa shape index (κ1) is 19.6. The van der Waals surface area contributed by atoms with Crippen molar-refractivity contribution in [3.8, 4) is 0 Å². The molecule has 0 aliphatic rings. The van der Waals surface area contributed by atoms with Crippen LogP contribution in [0.4, 0.5) is 0 Å². The quantitative estimate of drug-likeness (QED) is 0.292. The summed E-state index contributed by atoms with van der Waals surface area (Å²) in [6.07, 6.45) is 18.3. The summed E-state index contributed by atoms with van der Waals surface area (Å²) in [6.45, 7) is 6.15. The molecule has 0 aromatic carbocycles. The van der Waals surface area contributed by atoms with Gasteiger partial charge >= 0.3 is 0 Å². The van der Waals surface area contributed by atoms with Gasteiger partial charge in [-0.05, 0) is 0 Å². The Morgan fingerprint density at radius 2 is 0.875 bits per heavy atom. The Kier molecular flexibility index (Phi) is 22.7. The number of hydrogen-bond acceptors (Lipinski definition) is 0. The van der Waals surface area contributed by atoms with Gasteiger partial charge in [-0.15, -0.1) is 0 Å². The van der Waals surface area contributed by atoms with Gasteiger partial charge in [0.25, 0.3) is 0 Å². The van der Waals surface area contributed by atoms with Crippen LogP contribution in [0.5, 0.6) is 0 Å². The smallest absolute Gasteiger partial charge is 0 e. The Morgan fingerprint density at radius 1 is 0.562 bits per heavy atom. The Balaban J connectivity index is 0. The van der Waals surface area contributed by atoms with Crippen LogP contribution >= 0.6 is 0 Å². The maximum Gasteiger partial charge on any atom is 0 e. The molecule has 0 heterocycles. The second-order valence-corrected chi connectivity index (χ2v) is 4.74. The van der Waals surface area contributed by atoms with E-state index < -0.39 is 0 Å². The van der Waals surface area contributed by atoms with Crippen LogP contribution in [0.2, 0.25) is 0 Å². The minimum atomic E-state index is 0. The maximum absolute atomic E-state index is 3.87. The summed E-state index contributed by atoms with van der Waals surface area (Å²) in [5.41, 5.74) is 0. The fraction of sp³-hybridized carbons (Fsp3) is 0.933. The topological polar surface area (TPSA) is 0 Å². The van der Waals surface area contributed by atoms with Gasteiger partial charge in [-0.1, -0.05) is 84.0 Å². The van der Waals surface area contributed by atoms with Gasteiger partial charge in [0, 0.05) is 36.9 Å². The zero-order valence-electron chi connectivity index (χ0n) is 11.2. The molecule has 16 heavy (non-hydrogen) atoms. The molecule has 0 fully saturated rings. The maximum atomic E-state index is 3.87. The Morgan fingerprint density at radius 3 is 1.19 bits per heavy atom. The number of unbranched alkanes of at least 4 members (excludes halogenated alkanes) is 12. The molecular weight excluding hydrogens is 349 g/mol. The van der Waals surface area contributed by atoms with E-state index in [1.807, 2.05) is 0 Å². The molecule has 0 unspecified atom stereocenters. The van der Waals surface area contributed by atoms with Gasteiger partial charge in [0.15, 0.2) is 0 Å². The number of rotatable bonds is 12. The summed E-state index contributed by atoms with van der Waals surface area (Å²) >= 11 is 0. The van der Waals surface area contributed by atoms with E-state index in [0.29, 0.717) is 0 Å². The Bertz CT molecular complexity index is 89.6. The van der Waals surface area contributed by atoms with Crippen molar-refractivity contribution < 1.29 is 36.9 Å². The molecule has 0 saturated heterocycles. The van der Waals surface area contributed by atoms with Gasteiger partial charge in [-0.25, -0.2) is 0 Å². The van der Waals surface area contributed by atoms with Crippen molar-refractivity contribution in [2.24, 2.45) is 0 Å². The van der Waals surface area contributed by atoms with Crippen LogP contribution in [0.1, 0.15) is 90.4 Å². The normalized spacial score (nSPS) is 10.1. The SMILES string of the molecule is [CH2-]CCCCCCCCCCCCCC.[Tm]. The first-order valence-electron chi connectivity index (χ1n) is 7.21. The average molecular weight is 380 g/mol. The van der Waals surface area contributed by atoms with Crippen LogP contribution < -0.4 is 0 Å². The molecule has 0 nitrogen and oxygen atoms in total. The minimum Gasteiger partial charge on any atom is -0.343 e. The summed E-state index contributed by atoms with van der Waals surface area (Å²) in [6, 6.07) is 0. The van der Waals surface area contributed by atoms with E-state index in [4.69, 9.17) is 0 Å². The molecular formula is C15H31Tm-. The third-order valence-electron chi connectivity index (χ3n) is 3.10. The minimum absolute atomic E-state index is 0. The molecule has 105 valence electrons. The first-order chi connectivity index (χ1) is 7.41. The predicted molar refractivity (Wildman–Crippen MR) is 71.1 cm³/mol. The molecule has 0 atom stereocenters. The van der Waals surface area contributed by atoms with Crippen molar-refractivity contribution in [2.45, 2.75) is 90.4 Å². The summed E-state index contributed by atoms with van der Waals surface area (Å²) < 4.78 is 0. The van der Waals surface area contributed by atoms with E-state index in [2.05, 4.69) is 13.8 Å². The Labute approximate surface area is 133 Å². The van der Waals surface area contributed by atoms with Crippen LogP contribution in [0.25, 0.3) is 0 Å². The summed E-state index contributed by atoms with van der Waals surface area (Å²) in [4.78, 5) is 0. The zero-order chi connectivity index (χ0) is 11.2. The largest absolute Gasteiger partial charge is 0.343 e. The van der Waals surface area contributed by atoms with Crippen LogP contribution in [-0.2, 0) is 0 Å². The third-order valence-corrected chi connectivity index (χ3v) is 3.10. The molecule has 0 aliphatic carbocycles. The van der Waals surface area contributed by atoms with E-state index in [1.165, 1.54) is 77.0 Å². The van der Waals surface area contributed by atoms with E-state index >= 15 is 0 Å². The Hall–Kier alpha value is 1.23. The van der Waals surface area contributed by atoms with Gasteiger partial charge in [-0.2, -0.15) is 6.42 Å². The molecule has 1 heteroatoms. The van der Waals surface area contributed by atoms with Crippen LogP contribution in [-0.4, -0.2) is 0 Å². The standard InChI is InChI=1S/C15H31.Tm/c1-3-5-7-9-11-13-15-14-12-10-8-6-4-2;/h1,3-15H2,2H3;/q-1;. The van der Waals surface area contributed by atoms with E-state index in [-0.39, 0.29) is 36.9 Å². The molecule has 0 N–H and O–H groups in total. The van der Waals surface area contributed by atoms with Crippen molar-refractivity contribution in [3.63, 3.8) is 0 Å². The fourth-order valence-electron chi connectivity index (χ4n) is 2.02. The van der Waals surface area contributed by atoms with E-state index in [9.17, 15) is 0 Å². The van der Waals surface area contributed by atoms with Gasteiger partial charge in [0.1, 0.15) is 0 Å². The second-order valence-electron chi connectivity index (χ2n) is 4.74. The van der Waals surface area contributed by atoms with Crippen molar-refractivity contribution in [1.82, 2.24) is 0 Å². The summed E-state index contributed by atoms with van der Waals surface area (Å²) in [7, 11) is 0. The zero-order valence-corrected chi connectivity index (χ0v) is 13.0. The van der Waals surface area contributed by atoms with Crippen LogP contribution in [0.3, 0.4) is 0 Å². The van der Waals surface area contributed by atoms with E-state index in [1.54, 1.807) is 0 Å². The molecule has 0 amide bonds. The van der Waals surface area contributed by atoms with Gasteiger partial charge in [0.2, 0.25) is 0 Å².